The van der Waals surface area contributed by atoms with E-state index in [1.54, 1.807) is 30.5 Å². The number of carbonyl (C=O) groups excluding carboxylic acids is 1. The molecule has 2 aromatic rings. The van der Waals surface area contributed by atoms with Crippen LogP contribution in [0, 0.1) is 17.2 Å². The van der Waals surface area contributed by atoms with E-state index in [2.05, 4.69) is 27.3 Å². The molecule has 2 heterocycles. The Morgan fingerprint density at radius 1 is 1.25 bits per heavy atom. The van der Waals surface area contributed by atoms with E-state index in [1.807, 2.05) is 12.3 Å². The molecule has 1 fully saturated rings. The lowest BCUT2D eigenvalue weighted by molar-refractivity contribution is 0.0945. The summed E-state index contributed by atoms with van der Waals surface area (Å²) in [5.74, 6) is 0.425. The van der Waals surface area contributed by atoms with Gasteiger partial charge in [0, 0.05) is 31.4 Å². The second kappa shape index (κ2) is 7.60. The predicted molar refractivity (Wildman–Crippen MR) is 92.7 cm³/mol. The van der Waals surface area contributed by atoms with E-state index >= 15 is 0 Å². The van der Waals surface area contributed by atoms with E-state index in [0.717, 1.165) is 31.6 Å². The fourth-order valence-corrected chi connectivity index (χ4v) is 2.97. The molecule has 0 bridgehead atoms. The molecule has 1 saturated heterocycles. The van der Waals surface area contributed by atoms with Crippen molar-refractivity contribution in [2.45, 2.75) is 12.8 Å². The number of rotatable bonds is 4. The van der Waals surface area contributed by atoms with Crippen LogP contribution in [0.5, 0.6) is 0 Å². The average molecular weight is 320 g/mol. The number of hydrogen-bond acceptors (Lipinski definition) is 4. The first-order chi connectivity index (χ1) is 11.8. The summed E-state index contributed by atoms with van der Waals surface area (Å²) in [6, 6.07) is 12.8. The molecule has 1 amide bonds. The number of aromatic nitrogens is 1. The summed E-state index contributed by atoms with van der Waals surface area (Å²) in [6.07, 6.45) is 5.80. The van der Waals surface area contributed by atoms with Crippen LogP contribution in [-0.4, -0.2) is 30.5 Å². The maximum atomic E-state index is 12.2. The standard InChI is InChI=1S/C19H20N4O/c20-12-15-3-5-17(6-4-15)19(24)22-13-16-7-10-23(11-8-16)18-2-1-9-21-14-18/h1-6,9,14,16H,7-8,10-11,13H2,(H,22,24). The van der Waals surface area contributed by atoms with Crippen LogP contribution >= 0.6 is 0 Å². The highest BCUT2D eigenvalue weighted by molar-refractivity contribution is 5.94. The summed E-state index contributed by atoms with van der Waals surface area (Å²) in [5, 5.41) is 11.8. The third kappa shape index (κ3) is 3.90. The van der Waals surface area contributed by atoms with Crippen molar-refractivity contribution in [2.75, 3.05) is 24.5 Å². The quantitative estimate of drug-likeness (QED) is 0.940. The smallest absolute Gasteiger partial charge is 0.251 e. The van der Waals surface area contributed by atoms with E-state index in [-0.39, 0.29) is 5.91 Å². The molecule has 0 radical (unpaired) electrons. The van der Waals surface area contributed by atoms with E-state index in [4.69, 9.17) is 5.26 Å². The average Bonchev–Trinajstić information content (AvgIpc) is 2.67. The zero-order valence-corrected chi connectivity index (χ0v) is 13.5. The molecule has 5 nitrogen and oxygen atoms in total. The first-order valence-electron chi connectivity index (χ1n) is 8.19. The summed E-state index contributed by atoms with van der Waals surface area (Å²) < 4.78 is 0. The number of nitriles is 1. The predicted octanol–water partition coefficient (Wildman–Crippen LogP) is 2.60. The van der Waals surface area contributed by atoms with Crippen LogP contribution in [0.2, 0.25) is 0 Å². The fourth-order valence-electron chi connectivity index (χ4n) is 2.97. The zero-order valence-electron chi connectivity index (χ0n) is 13.5. The summed E-state index contributed by atoms with van der Waals surface area (Å²) in [4.78, 5) is 18.7. The van der Waals surface area contributed by atoms with Crippen molar-refractivity contribution in [1.29, 1.82) is 5.26 Å². The van der Waals surface area contributed by atoms with Gasteiger partial charge in [-0.1, -0.05) is 0 Å². The van der Waals surface area contributed by atoms with Crippen molar-refractivity contribution in [3.8, 4) is 6.07 Å². The molecule has 0 saturated carbocycles. The van der Waals surface area contributed by atoms with Gasteiger partial charge < -0.3 is 10.2 Å². The van der Waals surface area contributed by atoms with Crippen molar-refractivity contribution < 1.29 is 4.79 Å². The van der Waals surface area contributed by atoms with Crippen LogP contribution < -0.4 is 10.2 Å². The highest BCUT2D eigenvalue weighted by atomic mass is 16.1. The third-order valence-corrected chi connectivity index (χ3v) is 4.45. The van der Waals surface area contributed by atoms with E-state index in [0.29, 0.717) is 23.6 Å². The molecular formula is C19H20N4O. The number of benzene rings is 1. The van der Waals surface area contributed by atoms with Gasteiger partial charge in [0.15, 0.2) is 0 Å². The Labute approximate surface area is 141 Å². The number of piperidine rings is 1. The molecule has 0 unspecified atom stereocenters. The van der Waals surface area contributed by atoms with E-state index in [1.165, 1.54) is 0 Å². The monoisotopic (exact) mass is 320 g/mol. The molecule has 1 aromatic carbocycles. The molecule has 0 spiro atoms. The van der Waals surface area contributed by atoms with Gasteiger partial charge in [0.1, 0.15) is 0 Å². The number of pyridine rings is 1. The minimum absolute atomic E-state index is 0.0748. The van der Waals surface area contributed by atoms with Gasteiger partial charge >= 0.3 is 0 Å². The molecule has 1 aliphatic heterocycles. The van der Waals surface area contributed by atoms with Gasteiger partial charge in [-0.25, -0.2) is 0 Å². The summed E-state index contributed by atoms with van der Waals surface area (Å²) in [6.45, 7) is 2.67. The number of hydrogen-bond donors (Lipinski definition) is 1. The Bertz CT molecular complexity index is 713. The van der Waals surface area contributed by atoms with Crippen molar-refractivity contribution >= 4 is 11.6 Å². The molecule has 122 valence electrons. The second-order valence-electron chi connectivity index (χ2n) is 6.04. The lowest BCUT2D eigenvalue weighted by atomic mass is 9.96. The normalized spacial score (nSPS) is 14.9. The van der Waals surface area contributed by atoms with Gasteiger partial charge in [-0.3, -0.25) is 9.78 Å². The number of anilines is 1. The maximum absolute atomic E-state index is 12.2. The fraction of sp³-hybridized carbons (Fsp3) is 0.316. The largest absolute Gasteiger partial charge is 0.370 e. The molecule has 1 aromatic heterocycles. The van der Waals surface area contributed by atoms with Gasteiger partial charge in [0.2, 0.25) is 0 Å². The minimum atomic E-state index is -0.0748. The highest BCUT2D eigenvalue weighted by Gasteiger charge is 2.20. The molecule has 0 atom stereocenters. The maximum Gasteiger partial charge on any atom is 0.251 e. The third-order valence-electron chi connectivity index (χ3n) is 4.45. The summed E-state index contributed by atoms with van der Waals surface area (Å²) in [7, 11) is 0. The lowest BCUT2D eigenvalue weighted by Crippen LogP contribution is -2.38. The molecule has 5 heteroatoms. The molecule has 24 heavy (non-hydrogen) atoms. The molecular weight excluding hydrogens is 300 g/mol. The van der Waals surface area contributed by atoms with Crippen LogP contribution in [-0.2, 0) is 0 Å². The van der Waals surface area contributed by atoms with Gasteiger partial charge in [-0.2, -0.15) is 5.26 Å². The van der Waals surface area contributed by atoms with Crippen LogP contribution in [0.4, 0.5) is 5.69 Å². The molecule has 0 aliphatic carbocycles. The first-order valence-corrected chi connectivity index (χ1v) is 8.19. The Morgan fingerprint density at radius 3 is 2.62 bits per heavy atom. The molecule has 1 aliphatic rings. The van der Waals surface area contributed by atoms with Crippen molar-refractivity contribution in [3.05, 3.63) is 59.9 Å². The topological polar surface area (TPSA) is 69.0 Å². The van der Waals surface area contributed by atoms with Crippen LogP contribution in [0.15, 0.2) is 48.8 Å². The minimum Gasteiger partial charge on any atom is -0.370 e. The van der Waals surface area contributed by atoms with Crippen molar-refractivity contribution in [2.24, 2.45) is 5.92 Å². The van der Waals surface area contributed by atoms with E-state index < -0.39 is 0 Å². The zero-order chi connectivity index (χ0) is 16.8. The van der Waals surface area contributed by atoms with Crippen LogP contribution in [0.1, 0.15) is 28.8 Å². The van der Waals surface area contributed by atoms with Crippen molar-refractivity contribution in [3.63, 3.8) is 0 Å². The number of nitrogens with one attached hydrogen (secondary N) is 1. The number of nitrogens with zero attached hydrogens (tertiary/aromatic N) is 3. The SMILES string of the molecule is N#Cc1ccc(C(=O)NCC2CCN(c3cccnc3)CC2)cc1. The molecule has 3 rings (SSSR count). The first kappa shape index (κ1) is 16.0. The van der Waals surface area contributed by atoms with Gasteiger partial charge in [0.05, 0.1) is 23.5 Å². The highest BCUT2D eigenvalue weighted by Crippen LogP contribution is 2.22. The van der Waals surface area contributed by atoms with Gasteiger partial charge in [0.25, 0.3) is 5.91 Å². The van der Waals surface area contributed by atoms with Crippen LogP contribution in [0.3, 0.4) is 0 Å². The van der Waals surface area contributed by atoms with Gasteiger partial charge in [-0.05, 0) is 55.2 Å². The van der Waals surface area contributed by atoms with E-state index in [9.17, 15) is 4.79 Å². The van der Waals surface area contributed by atoms with Gasteiger partial charge in [-0.15, -0.1) is 0 Å². The Balaban J connectivity index is 1.46. The number of amides is 1. The Morgan fingerprint density at radius 2 is 2.00 bits per heavy atom. The Hall–Kier alpha value is -2.87. The lowest BCUT2D eigenvalue weighted by Gasteiger charge is -2.33. The molecule has 1 N–H and O–H groups in total. The van der Waals surface area contributed by atoms with Crippen LogP contribution in [0.25, 0.3) is 0 Å². The summed E-state index contributed by atoms with van der Waals surface area (Å²) >= 11 is 0. The second-order valence-corrected chi connectivity index (χ2v) is 6.04. The summed E-state index contributed by atoms with van der Waals surface area (Å²) in [5.41, 5.74) is 2.33. The Kier molecular flexibility index (Phi) is 5.07. The number of carbonyl (C=O) groups is 1. The van der Waals surface area contributed by atoms with Crippen molar-refractivity contribution in [1.82, 2.24) is 10.3 Å².